The maximum absolute atomic E-state index is 11.9. The van der Waals surface area contributed by atoms with Crippen LogP contribution in [0.1, 0.15) is 25.5 Å². The SMILES string of the molecule is CC(CCCNS(=O)(=O)c1ccc(C#N)nc1)C(=O)O. The maximum atomic E-state index is 11.9. The van der Waals surface area contributed by atoms with Crippen molar-refractivity contribution in [3.63, 3.8) is 0 Å². The molecule has 0 saturated carbocycles. The summed E-state index contributed by atoms with van der Waals surface area (Å²) in [7, 11) is -3.67. The summed E-state index contributed by atoms with van der Waals surface area (Å²) in [6.07, 6.45) is 1.93. The van der Waals surface area contributed by atoms with Crippen LogP contribution in [-0.2, 0) is 14.8 Å². The van der Waals surface area contributed by atoms with Gasteiger partial charge >= 0.3 is 5.97 Å². The fourth-order valence-corrected chi connectivity index (χ4v) is 2.45. The second-order valence-corrected chi connectivity index (χ2v) is 6.04. The molecule has 1 rings (SSSR count). The maximum Gasteiger partial charge on any atom is 0.306 e. The van der Waals surface area contributed by atoms with E-state index in [1.807, 2.05) is 0 Å². The van der Waals surface area contributed by atoms with Crippen molar-refractivity contribution in [2.45, 2.75) is 24.7 Å². The van der Waals surface area contributed by atoms with E-state index in [9.17, 15) is 13.2 Å². The first kappa shape index (κ1) is 16.1. The molecule has 0 amide bonds. The third-order valence-corrected chi connectivity index (χ3v) is 4.14. The van der Waals surface area contributed by atoms with Gasteiger partial charge in [0.25, 0.3) is 0 Å². The summed E-state index contributed by atoms with van der Waals surface area (Å²) < 4.78 is 26.1. The van der Waals surface area contributed by atoms with Crippen molar-refractivity contribution in [1.82, 2.24) is 9.71 Å². The largest absolute Gasteiger partial charge is 0.481 e. The minimum atomic E-state index is -3.67. The van der Waals surface area contributed by atoms with E-state index in [0.717, 1.165) is 6.20 Å². The smallest absolute Gasteiger partial charge is 0.306 e. The Morgan fingerprint density at radius 1 is 1.55 bits per heavy atom. The Hall–Kier alpha value is -1.98. The molecule has 20 heavy (non-hydrogen) atoms. The highest BCUT2D eigenvalue weighted by Gasteiger charge is 2.15. The fraction of sp³-hybridized carbons (Fsp3) is 0.417. The van der Waals surface area contributed by atoms with Crippen molar-refractivity contribution in [3.05, 3.63) is 24.0 Å². The molecule has 7 nitrogen and oxygen atoms in total. The van der Waals surface area contributed by atoms with Gasteiger partial charge in [0, 0.05) is 12.7 Å². The zero-order valence-corrected chi connectivity index (χ0v) is 11.7. The molecule has 0 spiro atoms. The summed E-state index contributed by atoms with van der Waals surface area (Å²) in [4.78, 5) is 14.3. The van der Waals surface area contributed by atoms with Crippen LogP contribution in [0, 0.1) is 17.2 Å². The van der Waals surface area contributed by atoms with Gasteiger partial charge in [0.2, 0.25) is 10.0 Å². The number of carbonyl (C=O) groups is 1. The average Bonchev–Trinajstić information content (AvgIpc) is 2.43. The molecule has 1 atom stereocenters. The third-order valence-electron chi connectivity index (χ3n) is 2.69. The molecule has 1 aromatic heterocycles. The van der Waals surface area contributed by atoms with Crippen molar-refractivity contribution in [2.24, 2.45) is 5.92 Å². The second-order valence-electron chi connectivity index (χ2n) is 4.27. The summed E-state index contributed by atoms with van der Waals surface area (Å²) in [6.45, 7) is 1.72. The number of carboxylic acid groups (broad SMARTS) is 1. The van der Waals surface area contributed by atoms with E-state index in [2.05, 4.69) is 9.71 Å². The number of rotatable bonds is 7. The zero-order chi connectivity index (χ0) is 15.2. The number of hydrogen-bond donors (Lipinski definition) is 2. The number of sulfonamides is 1. The summed E-state index contributed by atoms with van der Waals surface area (Å²) >= 11 is 0. The fourth-order valence-electron chi connectivity index (χ4n) is 1.43. The van der Waals surface area contributed by atoms with Gasteiger partial charge in [0.05, 0.1) is 5.92 Å². The van der Waals surface area contributed by atoms with Crippen LogP contribution in [-0.4, -0.2) is 31.0 Å². The van der Waals surface area contributed by atoms with E-state index in [0.29, 0.717) is 12.8 Å². The summed E-state index contributed by atoms with van der Waals surface area (Å²) in [5, 5.41) is 17.3. The number of carboxylic acids is 1. The topological polar surface area (TPSA) is 120 Å². The molecule has 0 aliphatic heterocycles. The Morgan fingerprint density at radius 2 is 2.25 bits per heavy atom. The van der Waals surface area contributed by atoms with E-state index in [4.69, 9.17) is 10.4 Å². The van der Waals surface area contributed by atoms with E-state index in [-0.39, 0.29) is 17.1 Å². The predicted molar refractivity (Wildman–Crippen MR) is 70.2 cm³/mol. The van der Waals surface area contributed by atoms with Crippen LogP contribution < -0.4 is 4.72 Å². The molecule has 2 N–H and O–H groups in total. The Labute approximate surface area is 117 Å². The van der Waals surface area contributed by atoms with Gasteiger partial charge < -0.3 is 5.11 Å². The van der Waals surface area contributed by atoms with Crippen molar-refractivity contribution < 1.29 is 18.3 Å². The van der Waals surface area contributed by atoms with Gasteiger partial charge in [-0.1, -0.05) is 6.92 Å². The molecule has 0 radical (unpaired) electrons. The molecule has 8 heteroatoms. The molecule has 1 unspecified atom stereocenters. The Balaban J connectivity index is 2.53. The lowest BCUT2D eigenvalue weighted by atomic mass is 10.1. The van der Waals surface area contributed by atoms with Crippen LogP contribution in [0.3, 0.4) is 0 Å². The molecular weight excluding hydrogens is 282 g/mol. The molecule has 0 aromatic carbocycles. The van der Waals surface area contributed by atoms with Crippen molar-refractivity contribution >= 4 is 16.0 Å². The molecule has 1 aromatic rings. The predicted octanol–water partition coefficient (Wildman–Crippen LogP) is 0.732. The average molecular weight is 297 g/mol. The quantitative estimate of drug-likeness (QED) is 0.716. The van der Waals surface area contributed by atoms with Gasteiger partial charge in [-0.2, -0.15) is 5.26 Å². The van der Waals surface area contributed by atoms with Gasteiger partial charge in [-0.25, -0.2) is 18.1 Å². The Bertz CT molecular complexity index is 605. The summed E-state index contributed by atoms with van der Waals surface area (Å²) in [5.41, 5.74) is 0.138. The van der Waals surface area contributed by atoms with E-state index in [1.54, 1.807) is 13.0 Å². The molecule has 1 heterocycles. The normalized spacial score (nSPS) is 12.6. The minimum Gasteiger partial charge on any atom is -0.481 e. The van der Waals surface area contributed by atoms with Gasteiger partial charge in [-0.15, -0.1) is 0 Å². The molecule has 108 valence electrons. The lowest BCUT2D eigenvalue weighted by Crippen LogP contribution is -2.25. The second kappa shape index (κ2) is 6.98. The van der Waals surface area contributed by atoms with Crippen LogP contribution in [0.15, 0.2) is 23.2 Å². The van der Waals surface area contributed by atoms with Crippen LogP contribution in [0.25, 0.3) is 0 Å². The Morgan fingerprint density at radius 3 is 2.75 bits per heavy atom. The van der Waals surface area contributed by atoms with Gasteiger partial charge in [0.1, 0.15) is 16.7 Å². The van der Waals surface area contributed by atoms with Crippen LogP contribution in [0.5, 0.6) is 0 Å². The number of aliphatic carboxylic acids is 1. The molecule has 0 aliphatic rings. The van der Waals surface area contributed by atoms with Gasteiger partial charge in [-0.05, 0) is 25.0 Å². The van der Waals surface area contributed by atoms with Crippen LogP contribution in [0.4, 0.5) is 0 Å². The van der Waals surface area contributed by atoms with E-state index >= 15 is 0 Å². The van der Waals surface area contributed by atoms with Crippen molar-refractivity contribution in [2.75, 3.05) is 6.54 Å². The highest BCUT2D eigenvalue weighted by Crippen LogP contribution is 2.09. The first-order valence-corrected chi connectivity index (χ1v) is 7.44. The number of nitriles is 1. The van der Waals surface area contributed by atoms with Crippen molar-refractivity contribution in [3.8, 4) is 6.07 Å². The van der Waals surface area contributed by atoms with E-state index in [1.165, 1.54) is 12.1 Å². The van der Waals surface area contributed by atoms with Crippen LogP contribution >= 0.6 is 0 Å². The minimum absolute atomic E-state index is 0.0252. The first-order valence-electron chi connectivity index (χ1n) is 5.95. The Kier molecular flexibility index (Phi) is 5.61. The molecule has 0 saturated heterocycles. The van der Waals surface area contributed by atoms with E-state index < -0.39 is 21.9 Å². The van der Waals surface area contributed by atoms with Crippen LogP contribution in [0.2, 0.25) is 0 Å². The summed E-state index contributed by atoms with van der Waals surface area (Å²) in [6, 6.07) is 4.42. The van der Waals surface area contributed by atoms with Gasteiger partial charge in [-0.3, -0.25) is 4.79 Å². The summed E-state index contributed by atoms with van der Waals surface area (Å²) in [5.74, 6) is -1.40. The lowest BCUT2D eigenvalue weighted by molar-refractivity contribution is -0.141. The molecule has 0 aliphatic carbocycles. The molecule has 0 bridgehead atoms. The third kappa shape index (κ3) is 4.60. The molecular formula is C12H15N3O4S. The number of nitrogens with one attached hydrogen (secondary N) is 1. The number of aromatic nitrogens is 1. The number of pyridine rings is 1. The first-order chi connectivity index (χ1) is 9.36. The monoisotopic (exact) mass is 297 g/mol. The highest BCUT2D eigenvalue weighted by atomic mass is 32.2. The number of nitrogens with zero attached hydrogens (tertiary/aromatic N) is 2. The van der Waals surface area contributed by atoms with Crippen molar-refractivity contribution in [1.29, 1.82) is 5.26 Å². The lowest BCUT2D eigenvalue weighted by Gasteiger charge is -2.08. The highest BCUT2D eigenvalue weighted by molar-refractivity contribution is 7.89. The standard InChI is InChI=1S/C12H15N3O4S/c1-9(12(16)17)3-2-6-15-20(18,19)11-5-4-10(7-13)14-8-11/h4-5,8-9,15H,2-3,6H2,1H3,(H,16,17). The zero-order valence-electron chi connectivity index (χ0n) is 10.9. The molecule has 0 fully saturated rings. The number of hydrogen-bond acceptors (Lipinski definition) is 5. The van der Waals surface area contributed by atoms with Gasteiger partial charge in [0.15, 0.2) is 0 Å².